The summed E-state index contributed by atoms with van der Waals surface area (Å²) in [5.74, 6) is -3.59. The van der Waals surface area contributed by atoms with Crippen molar-refractivity contribution in [1.29, 1.82) is 0 Å². The first-order chi connectivity index (χ1) is 6.99. The number of carbonyl (C=O) groups excluding carboxylic acids is 4. The third kappa shape index (κ3) is 3.47. The Kier molecular flexibility index (Phi) is 3.51. The molecule has 1 aliphatic rings. The number of carbonyl (C=O) groups is 4. The Morgan fingerprint density at radius 1 is 0.933 bits per heavy atom. The van der Waals surface area contributed by atoms with Crippen LogP contribution in [0.15, 0.2) is 0 Å². The number of rotatable bonds is 0. The molecule has 1 saturated heterocycles. The van der Waals surface area contributed by atoms with Crippen LogP contribution in [-0.4, -0.2) is 29.9 Å². The molecule has 7 heteroatoms. The number of esters is 4. The summed E-state index contributed by atoms with van der Waals surface area (Å²) in [6.45, 7) is 0. The first-order valence-electron chi connectivity index (χ1n) is 4.22. The molecule has 0 saturated carbocycles. The highest BCUT2D eigenvalue weighted by Gasteiger charge is 2.26. The molecule has 7 nitrogen and oxygen atoms in total. The number of hydrogen-bond acceptors (Lipinski definition) is 7. The van der Waals surface area contributed by atoms with Crippen molar-refractivity contribution >= 4 is 23.9 Å². The molecule has 0 aromatic rings. The normalized spacial score (nSPS) is 24.5. The highest BCUT2D eigenvalue weighted by molar-refractivity contribution is 5.95. The van der Waals surface area contributed by atoms with Crippen LogP contribution in [0.1, 0.15) is 19.3 Å². The van der Waals surface area contributed by atoms with Gasteiger partial charge in [-0.15, -0.1) is 0 Å². The van der Waals surface area contributed by atoms with Gasteiger partial charge in [-0.2, -0.15) is 0 Å². The van der Waals surface area contributed by atoms with E-state index in [0.29, 0.717) is 0 Å². The van der Waals surface area contributed by atoms with Crippen molar-refractivity contribution in [3.63, 3.8) is 0 Å². The highest BCUT2D eigenvalue weighted by atomic mass is 16.6. The number of ether oxygens (including phenoxy) is 2. The van der Waals surface area contributed by atoms with Gasteiger partial charge in [0.2, 0.25) is 0 Å². The molecule has 0 unspecified atom stereocenters. The summed E-state index contributed by atoms with van der Waals surface area (Å²) in [6.07, 6.45) is -1.10. The maximum absolute atomic E-state index is 11.0. The fourth-order valence-electron chi connectivity index (χ4n) is 0.926. The molecule has 0 bridgehead atoms. The third-order valence-corrected chi connectivity index (χ3v) is 1.66. The lowest BCUT2D eigenvalue weighted by atomic mass is 10.2. The summed E-state index contributed by atoms with van der Waals surface area (Å²) in [4.78, 5) is 43.7. The largest absolute Gasteiger partial charge is 0.393 e. The fraction of sp³-hybridized carbons (Fsp3) is 0.500. The first kappa shape index (κ1) is 11.3. The maximum atomic E-state index is 11.0. The standard InChI is InChI=1S/C8H9NO6/c9-4-3-7(12)14-5(10)1-2-6(11)15-8(4)13/h4H,1-3,9H2/t4-/m0/s1. The van der Waals surface area contributed by atoms with Gasteiger partial charge >= 0.3 is 23.9 Å². The minimum Gasteiger partial charge on any atom is -0.393 e. The minimum absolute atomic E-state index is 0.299. The third-order valence-electron chi connectivity index (χ3n) is 1.66. The van der Waals surface area contributed by atoms with Crippen LogP contribution in [0.4, 0.5) is 0 Å². The lowest BCUT2D eigenvalue weighted by Gasteiger charge is -2.11. The van der Waals surface area contributed by atoms with Crippen LogP contribution in [-0.2, 0) is 28.7 Å². The molecule has 15 heavy (non-hydrogen) atoms. The van der Waals surface area contributed by atoms with Crippen LogP contribution in [0, 0.1) is 0 Å². The molecule has 0 aromatic heterocycles. The van der Waals surface area contributed by atoms with Gasteiger partial charge in [0.1, 0.15) is 6.04 Å². The van der Waals surface area contributed by atoms with Crippen molar-refractivity contribution in [2.45, 2.75) is 25.3 Å². The molecule has 82 valence electrons. The molecule has 1 atom stereocenters. The van der Waals surface area contributed by atoms with E-state index < -0.39 is 36.3 Å². The topological polar surface area (TPSA) is 113 Å². The first-order valence-corrected chi connectivity index (χ1v) is 4.22. The average Bonchev–Trinajstić information content (AvgIpc) is 2.13. The van der Waals surface area contributed by atoms with Gasteiger partial charge in [0, 0.05) is 0 Å². The van der Waals surface area contributed by atoms with Gasteiger partial charge in [0.15, 0.2) is 0 Å². The molecule has 0 spiro atoms. The molecule has 2 N–H and O–H groups in total. The zero-order chi connectivity index (χ0) is 11.4. The van der Waals surface area contributed by atoms with Crippen LogP contribution in [0.2, 0.25) is 0 Å². The predicted molar refractivity (Wildman–Crippen MR) is 44.0 cm³/mol. The Morgan fingerprint density at radius 2 is 1.47 bits per heavy atom. The highest BCUT2D eigenvalue weighted by Crippen LogP contribution is 2.04. The molecule has 0 aromatic carbocycles. The smallest absolute Gasteiger partial charge is 0.331 e. The monoisotopic (exact) mass is 215 g/mol. The summed E-state index contributed by atoms with van der Waals surface area (Å²) in [5, 5.41) is 0. The van der Waals surface area contributed by atoms with Gasteiger partial charge < -0.3 is 15.2 Å². The number of nitrogens with two attached hydrogens (primary N) is 1. The van der Waals surface area contributed by atoms with Gasteiger partial charge in [-0.1, -0.05) is 0 Å². The molecule has 1 heterocycles. The molecular weight excluding hydrogens is 206 g/mol. The molecule has 0 radical (unpaired) electrons. The van der Waals surface area contributed by atoms with Crippen LogP contribution in [0.5, 0.6) is 0 Å². The van der Waals surface area contributed by atoms with Crippen molar-refractivity contribution in [3.05, 3.63) is 0 Å². The van der Waals surface area contributed by atoms with E-state index in [1.54, 1.807) is 0 Å². The quantitative estimate of drug-likeness (QED) is 0.392. The van der Waals surface area contributed by atoms with Gasteiger partial charge in [-0.3, -0.25) is 14.4 Å². The van der Waals surface area contributed by atoms with Gasteiger partial charge in [0.05, 0.1) is 19.3 Å². The molecule has 0 aliphatic carbocycles. The van der Waals surface area contributed by atoms with Crippen LogP contribution >= 0.6 is 0 Å². The summed E-state index contributed by atoms with van der Waals surface area (Å²) in [5.41, 5.74) is 5.23. The Balaban J connectivity index is 2.71. The van der Waals surface area contributed by atoms with E-state index in [-0.39, 0.29) is 12.8 Å². The minimum atomic E-state index is -1.28. The molecular formula is C8H9NO6. The second-order valence-electron chi connectivity index (χ2n) is 2.95. The van der Waals surface area contributed by atoms with E-state index >= 15 is 0 Å². The second kappa shape index (κ2) is 4.65. The lowest BCUT2D eigenvalue weighted by Crippen LogP contribution is -2.37. The van der Waals surface area contributed by atoms with E-state index in [9.17, 15) is 19.2 Å². The summed E-state index contributed by atoms with van der Waals surface area (Å²) in [6, 6.07) is -1.28. The van der Waals surface area contributed by atoms with Crippen LogP contribution in [0.25, 0.3) is 0 Å². The van der Waals surface area contributed by atoms with E-state index in [1.165, 1.54) is 0 Å². The fourth-order valence-corrected chi connectivity index (χ4v) is 0.926. The van der Waals surface area contributed by atoms with Gasteiger partial charge in [-0.05, 0) is 0 Å². The van der Waals surface area contributed by atoms with Crippen molar-refractivity contribution in [1.82, 2.24) is 0 Å². The second-order valence-corrected chi connectivity index (χ2v) is 2.95. The van der Waals surface area contributed by atoms with E-state index in [4.69, 9.17) is 5.73 Å². The van der Waals surface area contributed by atoms with Gasteiger partial charge in [0.25, 0.3) is 0 Å². The SMILES string of the molecule is N[C@H]1CC(=O)OC(=O)CCC(=O)OC1=O. The zero-order valence-electron chi connectivity index (χ0n) is 7.73. The Bertz CT molecular complexity index is 323. The van der Waals surface area contributed by atoms with Crippen LogP contribution in [0.3, 0.4) is 0 Å². The van der Waals surface area contributed by atoms with E-state index in [1.807, 2.05) is 0 Å². The van der Waals surface area contributed by atoms with Crippen molar-refractivity contribution in [2.75, 3.05) is 0 Å². The number of cyclic esters (lactones) is 4. The average molecular weight is 215 g/mol. The molecule has 1 fully saturated rings. The molecule has 0 amide bonds. The van der Waals surface area contributed by atoms with E-state index in [2.05, 4.69) is 9.47 Å². The Labute approximate surface area is 84.5 Å². The molecule has 1 aliphatic heterocycles. The maximum Gasteiger partial charge on any atom is 0.331 e. The Morgan fingerprint density at radius 3 is 2.07 bits per heavy atom. The van der Waals surface area contributed by atoms with Crippen molar-refractivity contribution < 1.29 is 28.7 Å². The lowest BCUT2D eigenvalue weighted by molar-refractivity contribution is -0.169. The molecule has 1 rings (SSSR count). The van der Waals surface area contributed by atoms with Gasteiger partial charge in [-0.25, -0.2) is 4.79 Å². The zero-order valence-corrected chi connectivity index (χ0v) is 7.73. The summed E-state index contributed by atoms with van der Waals surface area (Å²) in [7, 11) is 0. The van der Waals surface area contributed by atoms with Crippen LogP contribution < -0.4 is 5.73 Å². The Hall–Kier alpha value is -1.76. The van der Waals surface area contributed by atoms with Crippen molar-refractivity contribution in [2.24, 2.45) is 5.73 Å². The summed E-state index contributed by atoms with van der Waals surface area (Å²) < 4.78 is 8.55. The van der Waals surface area contributed by atoms with Crippen molar-refractivity contribution in [3.8, 4) is 0 Å². The van der Waals surface area contributed by atoms with E-state index in [0.717, 1.165) is 0 Å². The number of hydrogen-bond donors (Lipinski definition) is 1. The predicted octanol–water partition coefficient (Wildman–Crippen LogP) is -1.36. The summed E-state index contributed by atoms with van der Waals surface area (Å²) >= 11 is 0.